The first-order valence-corrected chi connectivity index (χ1v) is 3.15. The number of halogens is 3. The van der Waals surface area contributed by atoms with E-state index in [0.717, 1.165) is 6.92 Å². The van der Waals surface area contributed by atoms with E-state index in [1.54, 1.807) is 0 Å². The summed E-state index contributed by atoms with van der Waals surface area (Å²) in [5, 5.41) is 2.17. The van der Waals surface area contributed by atoms with Crippen LogP contribution in [0, 0.1) is 0 Å². The van der Waals surface area contributed by atoms with E-state index in [1.807, 2.05) is 0 Å². The first-order chi connectivity index (χ1) is 4.91. The molecule has 3 atom stereocenters. The smallest absolute Gasteiger partial charge is 0.337 e. The van der Waals surface area contributed by atoms with Gasteiger partial charge in [0.25, 0.3) is 0 Å². The molecule has 1 fully saturated rings. The third-order valence-electron chi connectivity index (χ3n) is 1.43. The van der Waals surface area contributed by atoms with Crippen molar-refractivity contribution in [1.29, 1.82) is 0 Å². The molecule has 1 aliphatic heterocycles. The summed E-state index contributed by atoms with van der Waals surface area (Å²) in [6.45, 7) is 1.02. The first kappa shape index (κ1) is 8.76. The average molecular weight is 170 g/mol. The van der Waals surface area contributed by atoms with Crippen molar-refractivity contribution in [2.45, 2.75) is 31.6 Å². The van der Waals surface area contributed by atoms with Crippen LogP contribution in [-0.2, 0) is 4.74 Å². The lowest BCUT2D eigenvalue weighted by atomic mass is 10.3. The molecule has 6 heteroatoms. The van der Waals surface area contributed by atoms with Crippen molar-refractivity contribution >= 4 is 0 Å². The summed E-state index contributed by atoms with van der Waals surface area (Å²) in [5.74, 6) is 0. The fraction of sp³-hybridized carbons (Fsp3) is 1.00. The summed E-state index contributed by atoms with van der Waals surface area (Å²) in [6, 6.07) is -1.57. The molecule has 3 nitrogen and oxygen atoms in total. The van der Waals surface area contributed by atoms with Crippen LogP contribution in [0.1, 0.15) is 6.92 Å². The van der Waals surface area contributed by atoms with Crippen LogP contribution in [0.15, 0.2) is 0 Å². The van der Waals surface area contributed by atoms with Crippen LogP contribution < -0.4 is 11.1 Å². The number of hydrogen-bond donors (Lipinski definition) is 2. The molecule has 11 heavy (non-hydrogen) atoms. The Morgan fingerprint density at radius 3 is 2.27 bits per heavy atom. The molecule has 0 aromatic carbocycles. The summed E-state index contributed by atoms with van der Waals surface area (Å²) in [7, 11) is 0. The third-order valence-corrected chi connectivity index (χ3v) is 1.43. The second kappa shape index (κ2) is 2.62. The topological polar surface area (TPSA) is 50.6 Å². The number of epoxide rings is 1. The minimum absolute atomic E-state index is 0.584. The van der Waals surface area contributed by atoms with Gasteiger partial charge in [-0.25, -0.2) is 0 Å². The molecule has 0 aromatic heterocycles. The van der Waals surface area contributed by atoms with Gasteiger partial charge in [0.05, 0.1) is 0 Å². The standard InChI is InChI=1S/C5H9F3N2O/c1-2(5(6,7)8)10-4-3(9)11-4/h2-4,10H,9H2,1H3/t2-,3-,4?/m1/s1. The van der Waals surface area contributed by atoms with Gasteiger partial charge in [-0.15, -0.1) is 0 Å². The Bertz CT molecular complexity index is 149. The molecule has 1 saturated heterocycles. The van der Waals surface area contributed by atoms with E-state index in [4.69, 9.17) is 5.73 Å². The van der Waals surface area contributed by atoms with E-state index in [1.165, 1.54) is 0 Å². The monoisotopic (exact) mass is 170 g/mol. The van der Waals surface area contributed by atoms with Crippen LogP contribution in [0.2, 0.25) is 0 Å². The van der Waals surface area contributed by atoms with Gasteiger partial charge < -0.3 is 10.5 Å². The van der Waals surface area contributed by atoms with E-state index in [0.29, 0.717) is 0 Å². The number of hydrogen-bond acceptors (Lipinski definition) is 3. The van der Waals surface area contributed by atoms with E-state index in [2.05, 4.69) is 10.1 Å². The van der Waals surface area contributed by atoms with E-state index in [-0.39, 0.29) is 0 Å². The summed E-state index contributed by atoms with van der Waals surface area (Å²) in [5.41, 5.74) is 5.11. The molecule has 1 aliphatic rings. The molecule has 0 radical (unpaired) electrons. The summed E-state index contributed by atoms with van der Waals surface area (Å²) >= 11 is 0. The number of rotatable bonds is 2. The highest BCUT2D eigenvalue weighted by molar-refractivity contribution is 4.82. The van der Waals surface area contributed by atoms with Crippen molar-refractivity contribution in [3.05, 3.63) is 0 Å². The maximum absolute atomic E-state index is 11.8. The van der Waals surface area contributed by atoms with E-state index in [9.17, 15) is 13.2 Å². The molecule has 1 heterocycles. The SMILES string of the molecule is C[C@@H](NC1O[C@H]1N)C(F)(F)F. The fourth-order valence-corrected chi connectivity index (χ4v) is 0.599. The van der Waals surface area contributed by atoms with Crippen molar-refractivity contribution in [2.75, 3.05) is 0 Å². The summed E-state index contributed by atoms with van der Waals surface area (Å²) < 4.78 is 40.0. The van der Waals surface area contributed by atoms with Crippen molar-refractivity contribution in [3.63, 3.8) is 0 Å². The molecule has 0 amide bonds. The van der Waals surface area contributed by atoms with Crippen LogP contribution in [-0.4, -0.2) is 24.7 Å². The van der Waals surface area contributed by atoms with Gasteiger partial charge in [0, 0.05) is 0 Å². The van der Waals surface area contributed by atoms with Crippen molar-refractivity contribution in [3.8, 4) is 0 Å². The summed E-state index contributed by atoms with van der Waals surface area (Å²) in [6.07, 6.45) is -5.45. The minimum Gasteiger partial charge on any atom is -0.337 e. The maximum Gasteiger partial charge on any atom is 0.403 e. The lowest BCUT2D eigenvalue weighted by molar-refractivity contribution is -0.153. The normalized spacial score (nSPS) is 33.5. The average Bonchev–Trinajstić information content (AvgIpc) is 2.44. The zero-order valence-corrected chi connectivity index (χ0v) is 5.85. The third kappa shape index (κ3) is 2.32. The zero-order chi connectivity index (χ0) is 8.65. The number of nitrogens with one attached hydrogen (secondary N) is 1. The van der Waals surface area contributed by atoms with E-state index < -0.39 is 24.7 Å². The molecular formula is C5H9F3N2O. The fourth-order valence-electron chi connectivity index (χ4n) is 0.599. The van der Waals surface area contributed by atoms with Crippen LogP contribution >= 0.6 is 0 Å². The second-order valence-electron chi connectivity index (χ2n) is 2.45. The van der Waals surface area contributed by atoms with Crippen molar-refractivity contribution < 1.29 is 17.9 Å². The van der Waals surface area contributed by atoms with Gasteiger partial charge in [0.1, 0.15) is 12.3 Å². The highest BCUT2D eigenvalue weighted by Crippen LogP contribution is 2.23. The molecule has 0 saturated carbocycles. The van der Waals surface area contributed by atoms with Gasteiger partial charge in [-0.1, -0.05) is 0 Å². The zero-order valence-electron chi connectivity index (χ0n) is 5.85. The Labute approximate surface area is 61.7 Å². The molecular weight excluding hydrogens is 161 g/mol. The van der Waals surface area contributed by atoms with Crippen LogP contribution in [0.25, 0.3) is 0 Å². The Balaban J connectivity index is 2.26. The van der Waals surface area contributed by atoms with Crippen LogP contribution in [0.5, 0.6) is 0 Å². The minimum atomic E-state index is -4.23. The Morgan fingerprint density at radius 1 is 1.55 bits per heavy atom. The molecule has 1 rings (SSSR count). The Morgan fingerprint density at radius 2 is 2.00 bits per heavy atom. The molecule has 0 bridgehead atoms. The van der Waals surface area contributed by atoms with Gasteiger partial charge in [-0.2, -0.15) is 13.2 Å². The summed E-state index contributed by atoms with van der Waals surface area (Å²) in [4.78, 5) is 0. The Kier molecular flexibility index (Phi) is 2.08. The van der Waals surface area contributed by atoms with Gasteiger partial charge in [-0.3, -0.25) is 5.32 Å². The van der Waals surface area contributed by atoms with Gasteiger partial charge in [0.15, 0.2) is 6.23 Å². The highest BCUT2D eigenvalue weighted by Gasteiger charge is 2.43. The number of nitrogens with two attached hydrogens (primary N) is 1. The van der Waals surface area contributed by atoms with Gasteiger partial charge >= 0.3 is 6.18 Å². The predicted molar refractivity (Wildman–Crippen MR) is 31.5 cm³/mol. The quantitative estimate of drug-likeness (QED) is 0.581. The molecule has 3 N–H and O–H groups in total. The second-order valence-corrected chi connectivity index (χ2v) is 2.45. The number of alkyl halides is 3. The molecule has 66 valence electrons. The highest BCUT2D eigenvalue weighted by atomic mass is 19.4. The lowest BCUT2D eigenvalue weighted by Gasteiger charge is -2.15. The van der Waals surface area contributed by atoms with Crippen LogP contribution in [0.3, 0.4) is 0 Å². The van der Waals surface area contributed by atoms with Crippen LogP contribution in [0.4, 0.5) is 13.2 Å². The van der Waals surface area contributed by atoms with E-state index >= 15 is 0 Å². The number of ether oxygens (including phenoxy) is 1. The molecule has 1 unspecified atom stereocenters. The molecule has 0 spiro atoms. The Hall–Kier alpha value is -0.330. The maximum atomic E-state index is 11.8. The molecule has 0 aliphatic carbocycles. The van der Waals surface area contributed by atoms with Crippen molar-refractivity contribution in [1.82, 2.24) is 5.32 Å². The molecule has 0 aromatic rings. The van der Waals surface area contributed by atoms with Gasteiger partial charge in [0.2, 0.25) is 0 Å². The largest absolute Gasteiger partial charge is 0.403 e. The lowest BCUT2D eigenvalue weighted by Crippen LogP contribution is -2.42. The van der Waals surface area contributed by atoms with Crippen molar-refractivity contribution in [2.24, 2.45) is 5.73 Å². The van der Waals surface area contributed by atoms with Gasteiger partial charge in [-0.05, 0) is 6.92 Å². The predicted octanol–water partition coefficient (Wildman–Crippen LogP) is 0.168. The first-order valence-electron chi connectivity index (χ1n) is 3.15.